The van der Waals surface area contributed by atoms with Gasteiger partial charge in [-0.3, -0.25) is 0 Å². The SMILES string of the molecule is CCC1=C(C(CC)C2CCCC[C@H](C3CCCCC3)C2)CCCC1. The fourth-order valence-corrected chi connectivity index (χ4v) is 6.54. The van der Waals surface area contributed by atoms with Crippen LogP contribution < -0.4 is 0 Å². The molecule has 0 nitrogen and oxygen atoms in total. The summed E-state index contributed by atoms with van der Waals surface area (Å²) in [7, 11) is 0. The molecule has 138 valence electrons. The van der Waals surface area contributed by atoms with E-state index in [-0.39, 0.29) is 0 Å². The Labute approximate surface area is 151 Å². The Morgan fingerprint density at radius 3 is 2.17 bits per heavy atom. The average Bonchev–Trinajstić information content (AvgIpc) is 2.90. The molecule has 0 N–H and O–H groups in total. The highest BCUT2D eigenvalue weighted by Crippen LogP contribution is 2.45. The van der Waals surface area contributed by atoms with Crippen LogP contribution in [0.25, 0.3) is 0 Å². The predicted octanol–water partition coefficient (Wildman–Crippen LogP) is 8.07. The minimum atomic E-state index is 0.935. The molecule has 0 amide bonds. The lowest BCUT2D eigenvalue weighted by Gasteiger charge is -2.36. The second kappa shape index (κ2) is 9.44. The predicted molar refractivity (Wildman–Crippen MR) is 106 cm³/mol. The molecular weight excluding hydrogens is 288 g/mol. The first-order valence-corrected chi connectivity index (χ1v) is 11.5. The van der Waals surface area contributed by atoms with Crippen LogP contribution in [0.15, 0.2) is 11.1 Å². The van der Waals surface area contributed by atoms with E-state index < -0.39 is 0 Å². The Balaban J connectivity index is 1.73. The Morgan fingerprint density at radius 1 is 0.750 bits per heavy atom. The molecule has 0 spiro atoms. The van der Waals surface area contributed by atoms with E-state index in [9.17, 15) is 0 Å². The number of allylic oxidation sites excluding steroid dienone is 2. The molecule has 3 aliphatic rings. The van der Waals surface area contributed by atoms with Crippen LogP contribution in [0.4, 0.5) is 0 Å². The maximum Gasteiger partial charge on any atom is -0.0175 e. The molecule has 0 aliphatic heterocycles. The molecule has 3 atom stereocenters. The van der Waals surface area contributed by atoms with Crippen LogP contribution in [0.2, 0.25) is 0 Å². The fraction of sp³-hybridized carbons (Fsp3) is 0.917. The van der Waals surface area contributed by atoms with Crippen LogP contribution in [0, 0.1) is 23.7 Å². The molecule has 0 aromatic rings. The van der Waals surface area contributed by atoms with Gasteiger partial charge in [0.1, 0.15) is 0 Å². The van der Waals surface area contributed by atoms with Crippen molar-refractivity contribution in [1.82, 2.24) is 0 Å². The molecule has 2 unspecified atom stereocenters. The highest BCUT2D eigenvalue weighted by molar-refractivity contribution is 5.20. The normalized spacial score (nSPS) is 31.8. The third kappa shape index (κ3) is 4.47. The topological polar surface area (TPSA) is 0 Å². The molecule has 0 saturated heterocycles. The van der Waals surface area contributed by atoms with Gasteiger partial charge in [-0.25, -0.2) is 0 Å². The molecule has 2 fully saturated rings. The third-order valence-electron chi connectivity index (χ3n) is 7.83. The zero-order valence-corrected chi connectivity index (χ0v) is 16.6. The van der Waals surface area contributed by atoms with Gasteiger partial charge in [-0.05, 0) is 75.0 Å². The van der Waals surface area contributed by atoms with Gasteiger partial charge in [0.05, 0.1) is 0 Å². The summed E-state index contributed by atoms with van der Waals surface area (Å²) in [5, 5.41) is 0. The van der Waals surface area contributed by atoms with Gasteiger partial charge in [-0.15, -0.1) is 0 Å². The van der Waals surface area contributed by atoms with Crippen LogP contribution >= 0.6 is 0 Å². The van der Waals surface area contributed by atoms with Crippen molar-refractivity contribution in [2.75, 3.05) is 0 Å². The summed E-state index contributed by atoms with van der Waals surface area (Å²) in [6, 6.07) is 0. The second-order valence-corrected chi connectivity index (χ2v) is 9.14. The molecule has 0 aromatic heterocycles. The summed E-state index contributed by atoms with van der Waals surface area (Å²) in [6.45, 7) is 4.89. The van der Waals surface area contributed by atoms with E-state index in [0.717, 1.165) is 23.7 Å². The lowest BCUT2D eigenvalue weighted by Crippen LogP contribution is -2.25. The minimum absolute atomic E-state index is 0.935. The third-order valence-corrected chi connectivity index (χ3v) is 7.83. The molecule has 3 rings (SSSR count). The van der Waals surface area contributed by atoms with Gasteiger partial charge in [-0.2, -0.15) is 0 Å². The molecule has 2 saturated carbocycles. The van der Waals surface area contributed by atoms with Gasteiger partial charge in [0, 0.05) is 0 Å². The Kier molecular flexibility index (Phi) is 7.29. The first-order valence-electron chi connectivity index (χ1n) is 11.5. The van der Waals surface area contributed by atoms with Crippen LogP contribution in [0.3, 0.4) is 0 Å². The molecule has 3 aliphatic carbocycles. The molecule has 0 radical (unpaired) electrons. The van der Waals surface area contributed by atoms with Crippen molar-refractivity contribution >= 4 is 0 Å². The maximum atomic E-state index is 2.49. The summed E-state index contributed by atoms with van der Waals surface area (Å²) < 4.78 is 0. The molecule has 24 heavy (non-hydrogen) atoms. The molecule has 0 heteroatoms. The van der Waals surface area contributed by atoms with Gasteiger partial charge in [0.2, 0.25) is 0 Å². The van der Waals surface area contributed by atoms with Gasteiger partial charge < -0.3 is 0 Å². The smallest absolute Gasteiger partial charge is 0.0175 e. The zero-order chi connectivity index (χ0) is 16.8. The van der Waals surface area contributed by atoms with Crippen LogP contribution in [-0.2, 0) is 0 Å². The van der Waals surface area contributed by atoms with E-state index in [1.807, 2.05) is 11.1 Å². The second-order valence-electron chi connectivity index (χ2n) is 9.14. The standard InChI is InChI=1S/C24H42/c1-3-19-12-10-11-17-24(19)23(4-2)22-16-9-8-15-21(18-22)20-13-6-5-7-14-20/h20-23H,3-18H2,1-2H3/t21-,22?,23?/m0/s1. The maximum absolute atomic E-state index is 2.49. The summed E-state index contributed by atoms with van der Waals surface area (Å²) >= 11 is 0. The van der Waals surface area contributed by atoms with Gasteiger partial charge in [-0.1, -0.05) is 76.4 Å². The number of hydrogen-bond acceptors (Lipinski definition) is 0. The van der Waals surface area contributed by atoms with E-state index in [1.54, 1.807) is 25.7 Å². The summed E-state index contributed by atoms with van der Waals surface area (Å²) in [5.74, 6) is 4.10. The van der Waals surface area contributed by atoms with E-state index >= 15 is 0 Å². The van der Waals surface area contributed by atoms with E-state index in [1.165, 1.54) is 77.0 Å². The van der Waals surface area contributed by atoms with E-state index in [0.29, 0.717) is 0 Å². The Hall–Kier alpha value is -0.260. The van der Waals surface area contributed by atoms with Gasteiger partial charge in [0.25, 0.3) is 0 Å². The van der Waals surface area contributed by atoms with Crippen molar-refractivity contribution in [2.45, 2.75) is 117 Å². The summed E-state index contributed by atoms with van der Waals surface area (Å²) in [6.07, 6.45) is 23.9. The van der Waals surface area contributed by atoms with Crippen molar-refractivity contribution in [3.8, 4) is 0 Å². The molecular formula is C24H42. The quantitative estimate of drug-likeness (QED) is 0.353. The largest absolute Gasteiger partial charge is 0.0710 e. The molecule has 0 heterocycles. The number of hydrogen-bond donors (Lipinski definition) is 0. The van der Waals surface area contributed by atoms with Crippen molar-refractivity contribution in [3.05, 3.63) is 11.1 Å². The average molecular weight is 331 g/mol. The van der Waals surface area contributed by atoms with Crippen LogP contribution in [-0.4, -0.2) is 0 Å². The van der Waals surface area contributed by atoms with Gasteiger partial charge >= 0.3 is 0 Å². The van der Waals surface area contributed by atoms with Crippen molar-refractivity contribution in [1.29, 1.82) is 0 Å². The van der Waals surface area contributed by atoms with Crippen LogP contribution in [0.1, 0.15) is 117 Å². The zero-order valence-electron chi connectivity index (χ0n) is 16.6. The lowest BCUT2D eigenvalue weighted by molar-refractivity contribution is 0.187. The monoisotopic (exact) mass is 330 g/mol. The summed E-state index contributed by atoms with van der Waals surface area (Å²) in [4.78, 5) is 0. The first kappa shape index (κ1) is 18.5. The first-order chi connectivity index (χ1) is 11.8. The molecule has 0 bridgehead atoms. The highest BCUT2D eigenvalue weighted by atomic mass is 14.4. The Bertz CT molecular complexity index is 398. The van der Waals surface area contributed by atoms with Crippen molar-refractivity contribution in [2.24, 2.45) is 23.7 Å². The van der Waals surface area contributed by atoms with Crippen LogP contribution in [0.5, 0.6) is 0 Å². The number of rotatable bonds is 5. The lowest BCUT2D eigenvalue weighted by atomic mass is 9.69. The molecule has 0 aromatic carbocycles. The van der Waals surface area contributed by atoms with Gasteiger partial charge in [0.15, 0.2) is 0 Å². The van der Waals surface area contributed by atoms with Crippen molar-refractivity contribution < 1.29 is 0 Å². The summed E-state index contributed by atoms with van der Waals surface area (Å²) in [5.41, 5.74) is 3.81. The Morgan fingerprint density at radius 2 is 1.42 bits per heavy atom. The highest BCUT2D eigenvalue weighted by Gasteiger charge is 2.33. The van der Waals surface area contributed by atoms with E-state index in [4.69, 9.17) is 0 Å². The minimum Gasteiger partial charge on any atom is -0.0710 e. The van der Waals surface area contributed by atoms with E-state index in [2.05, 4.69) is 13.8 Å². The fourth-order valence-electron chi connectivity index (χ4n) is 6.54. The van der Waals surface area contributed by atoms with Crippen molar-refractivity contribution in [3.63, 3.8) is 0 Å².